The molecule has 0 unspecified atom stereocenters. The van der Waals surface area contributed by atoms with Crippen molar-refractivity contribution in [3.8, 4) is 0 Å². The van der Waals surface area contributed by atoms with E-state index in [4.69, 9.17) is 0 Å². The van der Waals surface area contributed by atoms with Crippen LogP contribution in [0.15, 0.2) is 0 Å². The summed E-state index contributed by atoms with van der Waals surface area (Å²) in [5.74, 6) is 0. The zero-order valence-corrected chi connectivity index (χ0v) is 22.5. The first-order valence-corrected chi connectivity index (χ1v) is 0. The van der Waals surface area contributed by atoms with Crippen molar-refractivity contribution in [2.45, 2.75) is 0 Å². The van der Waals surface area contributed by atoms with Gasteiger partial charge in [-0.25, -0.2) is 0 Å². The molecule has 0 aromatic heterocycles. The Morgan fingerprint density at radius 3 is 0.250 bits per heavy atom. The molecule has 0 nitrogen and oxygen atoms in total. The van der Waals surface area contributed by atoms with E-state index in [2.05, 4.69) is 0 Å². The monoisotopic (exact) mass is 304 g/mol. The molecule has 0 aliphatic heterocycles. The van der Waals surface area contributed by atoms with Gasteiger partial charge in [-0.05, 0) is 0 Å². The quantitative estimate of drug-likeness (QED) is 0.417. The van der Waals surface area contributed by atoms with E-state index in [1.807, 2.05) is 0 Å². The molecular weight excluding hydrogens is 305 g/mol. The summed E-state index contributed by atoms with van der Waals surface area (Å²) in [6, 6.07) is 0. The molecule has 0 spiro atoms. The largest absolute Gasteiger partial charge is 0 e. The molecular formula is Ca7Mg. The third-order valence-corrected chi connectivity index (χ3v) is 0. The van der Waals surface area contributed by atoms with Crippen molar-refractivity contribution in [2.24, 2.45) is 0 Å². The fourth-order valence-corrected chi connectivity index (χ4v) is 0. The third kappa shape index (κ3) is 36.1. The second kappa shape index (κ2) is 43.8. The van der Waals surface area contributed by atoms with Gasteiger partial charge in [0.05, 0.1) is 0 Å². The summed E-state index contributed by atoms with van der Waals surface area (Å²) in [6.45, 7) is 0. The molecule has 8 heteroatoms. The van der Waals surface area contributed by atoms with Crippen molar-refractivity contribution in [1.29, 1.82) is 0 Å². The van der Waals surface area contributed by atoms with Crippen LogP contribution >= 0.6 is 0 Å². The van der Waals surface area contributed by atoms with Gasteiger partial charge in [0.1, 0.15) is 0 Å². The maximum absolute atomic E-state index is 0. The van der Waals surface area contributed by atoms with Crippen LogP contribution in [0.5, 0.6) is 0 Å². The summed E-state index contributed by atoms with van der Waals surface area (Å²) in [5, 5.41) is 0. The van der Waals surface area contributed by atoms with E-state index in [9.17, 15) is 0 Å². The summed E-state index contributed by atoms with van der Waals surface area (Å²) in [6.07, 6.45) is 0. The standard InChI is InChI=1S/7Ca.Mg. The fourth-order valence-electron chi connectivity index (χ4n) is 0. The second-order valence-electron chi connectivity index (χ2n) is 0. The molecule has 0 fully saturated rings. The van der Waals surface area contributed by atoms with Gasteiger partial charge >= 0.3 is 0 Å². The summed E-state index contributed by atoms with van der Waals surface area (Å²) in [4.78, 5) is 0. The molecule has 0 amide bonds. The molecule has 0 aromatic carbocycles. The van der Waals surface area contributed by atoms with Gasteiger partial charge in [-0.3, -0.25) is 0 Å². The molecule has 0 N–H and O–H groups in total. The van der Waals surface area contributed by atoms with E-state index < -0.39 is 0 Å². The minimum absolute atomic E-state index is 0. The molecule has 8 heavy (non-hydrogen) atoms. The Kier molecular flexibility index (Phi) is 289. The van der Waals surface area contributed by atoms with Gasteiger partial charge in [-0.2, -0.15) is 0 Å². The van der Waals surface area contributed by atoms with Crippen molar-refractivity contribution in [3.05, 3.63) is 0 Å². The topological polar surface area (TPSA) is 0 Å². The summed E-state index contributed by atoms with van der Waals surface area (Å²) < 4.78 is 0. The molecule has 0 aliphatic carbocycles. The van der Waals surface area contributed by atoms with Crippen molar-refractivity contribution in [3.63, 3.8) is 0 Å². The van der Waals surface area contributed by atoms with E-state index in [0.29, 0.717) is 0 Å². The fraction of sp³-hybridized carbons (Fsp3) is 0. The first-order valence-electron chi connectivity index (χ1n) is 0. The Morgan fingerprint density at radius 1 is 0.250 bits per heavy atom. The molecule has 0 atom stereocenters. The van der Waals surface area contributed by atoms with Crippen LogP contribution in [-0.2, 0) is 0 Å². The average molecular weight is 305 g/mol. The predicted molar refractivity (Wildman–Crippen MR) is 46.0 cm³/mol. The van der Waals surface area contributed by atoms with E-state index in [1.54, 1.807) is 0 Å². The second-order valence-corrected chi connectivity index (χ2v) is 0. The van der Waals surface area contributed by atoms with E-state index in [1.165, 1.54) is 0 Å². The maximum Gasteiger partial charge on any atom is 0 e. The van der Waals surface area contributed by atoms with Crippen LogP contribution in [0.4, 0.5) is 0 Å². The van der Waals surface area contributed by atoms with E-state index >= 15 is 0 Å². The van der Waals surface area contributed by atoms with Crippen LogP contribution < -0.4 is 0 Å². The molecule has 16 valence electrons. The predicted octanol–water partition coefficient (Wildman–Crippen LogP) is -3.05. The van der Waals surface area contributed by atoms with Crippen LogP contribution in [0.25, 0.3) is 0 Å². The van der Waals surface area contributed by atoms with Crippen molar-refractivity contribution >= 4 is 287 Å². The molecule has 0 saturated heterocycles. The van der Waals surface area contributed by atoms with Gasteiger partial charge in [-0.1, -0.05) is 0 Å². The van der Waals surface area contributed by atoms with Gasteiger partial charge in [0.15, 0.2) is 0 Å². The molecule has 0 bridgehead atoms. The van der Waals surface area contributed by atoms with Crippen molar-refractivity contribution < 1.29 is 0 Å². The normalized spacial score (nSPS) is 0. The summed E-state index contributed by atoms with van der Waals surface area (Å²) >= 11 is 0. The van der Waals surface area contributed by atoms with Crippen molar-refractivity contribution in [1.82, 2.24) is 0 Å². The smallest absolute Gasteiger partial charge is 0 e. The molecule has 0 saturated carbocycles. The summed E-state index contributed by atoms with van der Waals surface area (Å²) in [5.41, 5.74) is 0. The number of hydrogen-bond donors (Lipinski definition) is 0. The molecule has 0 aromatic rings. The van der Waals surface area contributed by atoms with Crippen LogP contribution in [0.1, 0.15) is 0 Å². The Morgan fingerprint density at radius 2 is 0.250 bits per heavy atom. The first kappa shape index (κ1) is 52.6. The van der Waals surface area contributed by atoms with Crippen LogP contribution in [0, 0.1) is 0 Å². The van der Waals surface area contributed by atoms with Crippen LogP contribution in [0.2, 0.25) is 0 Å². The molecule has 0 rings (SSSR count). The maximum atomic E-state index is 0. The Bertz CT molecular complexity index is 4.35. The zero-order chi connectivity index (χ0) is 0. The Labute approximate surface area is 276 Å². The SMILES string of the molecule is [Ca].[Ca].[Ca].[Ca].[Ca].[Ca].[Ca].[Mg]. The van der Waals surface area contributed by atoms with Crippen LogP contribution in [0.3, 0.4) is 0 Å². The van der Waals surface area contributed by atoms with Gasteiger partial charge in [-0.15, -0.1) is 0 Å². The first-order chi connectivity index (χ1) is 0. The minimum Gasteiger partial charge on any atom is 0 e. The molecule has 16 radical (unpaired) electrons. The number of rotatable bonds is 0. The average Bonchev–Trinajstić information content (AvgIpc) is 0. The zero-order valence-electron chi connectivity index (χ0n) is 5.66. The van der Waals surface area contributed by atoms with Crippen molar-refractivity contribution in [2.75, 3.05) is 0 Å². The van der Waals surface area contributed by atoms with E-state index in [-0.39, 0.29) is 287 Å². The Hall–Kier alpha value is 9.58. The minimum atomic E-state index is 0. The van der Waals surface area contributed by atoms with E-state index in [0.717, 1.165) is 0 Å². The summed E-state index contributed by atoms with van der Waals surface area (Å²) in [7, 11) is 0. The Balaban J connectivity index is 0. The van der Waals surface area contributed by atoms with Gasteiger partial charge in [0, 0.05) is 287 Å². The van der Waals surface area contributed by atoms with Gasteiger partial charge in [0.2, 0.25) is 0 Å². The van der Waals surface area contributed by atoms with Gasteiger partial charge < -0.3 is 0 Å². The number of hydrogen-bond acceptors (Lipinski definition) is 0. The molecule has 0 heterocycles. The third-order valence-electron chi connectivity index (χ3n) is 0. The molecule has 0 aliphatic rings. The van der Waals surface area contributed by atoms with Gasteiger partial charge in [0.25, 0.3) is 0 Å². The van der Waals surface area contributed by atoms with Crippen LogP contribution in [-0.4, -0.2) is 287 Å².